The van der Waals surface area contributed by atoms with Gasteiger partial charge in [-0.15, -0.1) is 6.58 Å². The second kappa shape index (κ2) is 29.3. The maximum Gasteiger partial charge on any atom is 0.334 e. The Bertz CT molecular complexity index is 1280. The summed E-state index contributed by atoms with van der Waals surface area (Å²) >= 11 is 2.17. The van der Waals surface area contributed by atoms with Crippen LogP contribution in [0.5, 0.6) is 0 Å². The summed E-state index contributed by atoms with van der Waals surface area (Å²) in [6, 6.07) is 8.93. The van der Waals surface area contributed by atoms with Crippen molar-refractivity contribution in [3.8, 4) is 0 Å². The van der Waals surface area contributed by atoms with Crippen LogP contribution in [-0.4, -0.2) is 74.3 Å². The smallest absolute Gasteiger partial charge is 0.334 e. The number of hydrogen-bond acceptors (Lipinski definition) is 7. The van der Waals surface area contributed by atoms with Crippen molar-refractivity contribution < 1.29 is 32.3 Å². The standard InChI is InChI=1S/C46H85IO7Si3/c1-17-38(14)41(52-55(19-3,20-4)21-5)32-31-36(12)29-28-30-42(53-56(22-6,23-7)24-8)43(50-16)34-44(51-46(49)39(15)33-37(13)35-47)45(40(48)18-2)54-57(25-9,26-10)27-11/h17,29,31-33,35,38,41-45H,1,18-28,30,34H2,2-16H3/b32-31+,36-29+,37-35+,39-33+/t38-,41-,42+,43+,44+,45+/m1/s1. The summed E-state index contributed by atoms with van der Waals surface area (Å²) < 4.78 is 35.8. The second-order valence-corrected chi connectivity index (χ2v) is 30.7. The predicted molar refractivity (Wildman–Crippen MR) is 260 cm³/mol. The molecule has 0 saturated carbocycles. The molecule has 0 N–H and O–H groups in total. The molecule has 0 aromatic carbocycles. The molecule has 0 aromatic heterocycles. The normalized spacial score (nSPS) is 16.9. The second-order valence-electron chi connectivity index (χ2n) is 15.9. The highest BCUT2D eigenvalue weighted by Crippen LogP contribution is 2.32. The van der Waals surface area contributed by atoms with Gasteiger partial charge in [-0.2, -0.15) is 0 Å². The molecule has 0 bridgehead atoms. The highest BCUT2D eigenvalue weighted by molar-refractivity contribution is 14.1. The molecule has 0 spiro atoms. The lowest BCUT2D eigenvalue weighted by Crippen LogP contribution is -2.51. The first kappa shape index (κ1) is 56.1. The molecule has 0 rings (SSSR count). The number of halogens is 1. The van der Waals surface area contributed by atoms with Crippen LogP contribution in [0.2, 0.25) is 54.4 Å². The number of carbonyl (C=O) groups is 2. The first-order valence-electron chi connectivity index (χ1n) is 22.2. The summed E-state index contributed by atoms with van der Waals surface area (Å²) in [5, 5.41) is 0. The number of ether oxygens (including phenoxy) is 2. The lowest BCUT2D eigenvalue weighted by Gasteiger charge is -2.40. The lowest BCUT2D eigenvalue weighted by atomic mass is 9.96. The minimum atomic E-state index is -2.28. The Morgan fingerprint density at radius 3 is 1.63 bits per heavy atom. The topological polar surface area (TPSA) is 80.3 Å². The maximum absolute atomic E-state index is 13.9. The van der Waals surface area contributed by atoms with E-state index in [1.165, 1.54) is 5.57 Å². The molecule has 0 amide bonds. The average Bonchev–Trinajstić information content (AvgIpc) is 3.24. The number of hydrogen-bond donors (Lipinski definition) is 0. The van der Waals surface area contributed by atoms with Crippen LogP contribution >= 0.6 is 22.6 Å². The van der Waals surface area contributed by atoms with Crippen molar-refractivity contribution in [2.24, 2.45) is 5.92 Å². The van der Waals surface area contributed by atoms with Gasteiger partial charge in [0, 0.05) is 31.4 Å². The average molecular weight is 961 g/mol. The van der Waals surface area contributed by atoms with E-state index in [1.54, 1.807) is 14.0 Å². The molecule has 0 fully saturated rings. The number of rotatable bonds is 32. The molecular weight excluding hydrogens is 876 g/mol. The first-order chi connectivity index (χ1) is 27.0. The van der Waals surface area contributed by atoms with Gasteiger partial charge in [-0.25, -0.2) is 4.79 Å². The Morgan fingerprint density at radius 1 is 0.702 bits per heavy atom. The van der Waals surface area contributed by atoms with E-state index in [4.69, 9.17) is 22.8 Å². The molecule has 0 aromatic rings. The van der Waals surface area contributed by atoms with Crippen molar-refractivity contribution >= 4 is 59.3 Å². The summed E-state index contributed by atoms with van der Waals surface area (Å²) in [5.41, 5.74) is 2.59. The van der Waals surface area contributed by atoms with E-state index in [1.807, 2.05) is 30.1 Å². The molecule has 0 aliphatic rings. The minimum absolute atomic E-state index is 0.00727. The van der Waals surface area contributed by atoms with Gasteiger partial charge >= 0.3 is 5.97 Å². The van der Waals surface area contributed by atoms with E-state index in [9.17, 15) is 9.59 Å². The SMILES string of the molecule is C=C[C@@H](C)[C@@H](/C=C/C(C)=C/CC[C@H](O[Si](CC)(CC)CC)[C@H](C[C@H](OC(=O)/C(C)=C/C(C)=C/I)[C@@H](O[Si](CC)(CC)CC)C(=O)CC)OC)O[Si](CC)(CC)CC. The third-order valence-electron chi connectivity index (χ3n) is 12.7. The Kier molecular flexibility index (Phi) is 28.9. The number of Topliss-reactive ketones (excluding diaryl/α,β-unsaturated/α-hetero) is 1. The molecule has 0 aliphatic heterocycles. The first-order valence-corrected chi connectivity index (χ1v) is 31.1. The largest absolute Gasteiger partial charge is 0.456 e. The fourth-order valence-corrected chi connectivity index (χ4v) is 16.3. The summed E-state index contributed by atoms with van der Waals surface area (Å²) in [5.74, 6) is -0.290. The van der Waals surface area contributed by atoms with E-state index < -0.39 is 49.2 Å². The highest BCUT2D eigenvalue weighted by Gasteiger charge is 2.43. The molecule has 0 radical (unpaired) electrons. The van der Waals surface area contributed by atoms with E-state index in [2.05, 4.69) is 124 Å². The molecular formula is C46H85IO7Si3. The highest BCUT2D eigenvalue weighted by atomic mass is 127. The van der Waals surface area contributed by atoms with E-state index in [-0.39, 0.29) is 30.3 Å². The summed E-state index contributed by atoms with van der Waals surface area (Å²) in [7, 11) is -4.49. The summed E-state index contributed by atoms with van der Waals surface area (Å²) in [6.45, 7) is 34.0. The van der Waals surface area contributed by atoms with Crippen molar-refractivity contribution in [3.05, 3.63) is 57.8 Å². The zero-order valence-corrected chi connectivity index (χ0v) is 44.2. The van der Waals surface area contributed by atoms with Crippen LogP contribution in [0.15, 0.2) is 57.8 Å². The molecule has 0 saturated heterocycles. The number of carbonyl (C=O) groups excluding carboxylic acids is 2. The number of methoxy groups -OCH3 is 1. The Balaban J connectivity index is 7.09. The Hall–Kier alpha value is -0.939. The molecule has 0 unspecified atom stereocenters. The van der Waals surface area contributed by atoms with Gasteiger partial charge in [0.1, 0.15) is 12.2 Å². The Morgan fingerprint density at radius 2 is 1.19 bits per heavy atom. The number of ketones is 1. The van der Waals surface area contributed by atoms with Crippen LogP contribution in [0.4, 0.5) is 0 Å². The van der Waals surface area contributed by atoms with Gasteiger partial charge in [0.15, 0.2) is 30.7 Å². The third kappa shape index (κ3) is 18.3. The van der Waals surface area contributed by atoms with Crippen LogP contribution in [0.25, 0.3) is 0 Å². The summed E-state index contributed by atoms with van der Waals surface area (Å²) in [4.78, 5) is 27.7. The predicted octanol–water partition coefficient (Wildman–Crippen LogP) is 13.8. The van der Waals surface area contributed by atoms with E-state index >= 15 is 0 Å². The number of esters is 1. The van der Waals surface area contributed by atoms with Crippen molar-refractivity contribution in [2.75, 3.05) is 7.11 Å². The number of allylic oxidation sites excluding steroid dienone is 5. The van der Waals surface area contributed by atoms with Crippen molar-refractivity contribution in [2.45, 2.75) is 208 Å². The fraction of sp³-hybridized carbons (Fsp3) is 0.739. The van der Waals surface area contributed by atoms with Gasteiger partial charge in [0.2, 0.25) is 0 Å². The zero-order valence-electron chi connectivity index (χ0n) is 39.1. The summed E-state index contributed by atoms with van der Waals surface area (Å²) in [6.07, 6.45) is 10.2. The zero-order chi connectivity index (χ0) is 43.8. The maximum atomic E-state index is 13.9. The van der Waals surface area contributed by atoms with Crippen LogP contribution in [0, 0.1) is 5.92 Å². The van der Waals surface area contributed by atoms with Crippen LogP contribution < -0.4 is 0 Å². The van der Waals surface area contributed by atoms with Gasteiger partial charge in [0.25, 0.3) is 0 Å². The lowest BCUT2D eigenvalue weighted by molar-refractivity contribution is -0.157. The molecule has 11 heteroatoms. The van der Waals surface area contributed by atoms with Crippen molar-refractivity contribution in [1.29, 1.82) is 0 Å². The molecule has 57 heavy (non-hydrogen) atoms. The van der Waals surface area contributed by atoms with Crippen LogP contribution in [0.3, 0.4) is 0 Å². The molecule has 0 heterocycles. The Labute approximate surface area is 367 Å². The molecule has 7 nitrogen and oxygen atoms in total. The monoisotopic (exact) mass is 960 g/mol. The van der Waals surface area contributed by atoms with Crippen molar-refractivity contribution in [1.82, 2.24) is 0 Å². The molecule has 0 aliphatic carbocycles. The van der Waals surface area contributed by atoms with Gasteiger partial charge in [-0.1, -0.05) is 129 Å². The molecule has 330 valence electrons. The fourth-order valence-electron chi connectivity index (χ4n) is 7.52. The van der Waals surface area contributed by atoms with Gasteiger partial charge in [-0.05, 0) is 104 Å². The van der Waals surface area contributed by atoms with E-state index in [0.29, 0.717) is 12.0 Å². The third-order valence-corrected chi connectivity index (χ3v) is 27.6. The minimum Gasteiger partial charge on any atom is -0.456 e. The van der Waals surface area contributed by atoms with Crippen LogP contribution in [-0.2, 0) is 32.3 Å². The van der Waals surface area contributed by atoms with Crippen molar-refractivity contribution in [3.63, 3.8) is 0 Å². The van der Waals surface area contributed by atoms with E-state index in [0.717, 1.165) is 72.8 Å². The quantitative estimate of drug-likeness (QED) is 0.0166. The van der Waals surface area contributed by atoms with Gasteiger partial charge in [-0.3, -0.25) is 4.79 Å². The van der Waals surface area contributed by atoms with Crippen LogP contribution in [0.1, 0.15) is 123 Å². The molecule has 6 atom stereocenters. The van der Waals surface area contributed by atoms with Gasteiger partial charge < -0.3 is 22.8 Å². The van der Waals surface area contributed by atoms with Gasteiger partial charge in [0.05, 0.1) is 18.3 Å².